The summed E-state index contributed by atoms with van der Waals surface area (Å²) in [6.07, 6.45) is 4.12. The van der Waals surface area contributed by atoms with Gasteiger partial charge in [0.05, 0.1) is 6.26 Å². The van der Waals surface area contributed by atoms with Gasteiger partial charge in [0, 0.05) is 5.57 Å². The molecule has 114 valence electrons. The third-order valence-electron chi connectivity index (χ3n) is 2.59. The van der Waals surface area contributed by atoms with Crippen molar-refractivity contribution >= 4 is 28.1 Å². The molecule has 0 atom stereocenters. The van der Waals surface area contributed by atoms with Crippen molar-refractivity contribution in [3.63, 3.8) is 0 Å². The lowest BCUT2D eigenvalue weighted by molar-refractivity contribution is -0.116. The zero-order chi connectivity index (χ0) is 16.0. The molecule has 2 rings (SSSR count). The lowest BCUT2D eigenvalue weighted by Gasteiger charge is -2.15. The van der Waals surface area contributed by atoms with Crippen molar-refractivity contribution in [3.05, 3.63) is 41.0 Å². The molecule has 0 saturated heterocycles. The first-order valence-corrected chi connectivity index (χ1v) is 7.88. The van der Waals surface area contributed by atoms with E-state index in [1.807, 2.05) is 24.3 Å². The van der Waals surface area contributed by atoms with E-state index in [-0.39, 0.29) is 11.9 Å². The fourth-order valence-electron chi connectivity index (χ4n) is 1.81. The van der Waals surface area contributed by atoms with Crippen LogP contribution >= 0.6 is 0 Å². The Labute approximate surface area is 123 Å². The maximum absolute atomic E-state index is 11.6. The first-order valence-electron chi connectivity index (χ1n) is 6.03. The molecular weight excluding hydrogens is 294 g/mol. The van der Waals surface area contributed by atoms with Gasteiger partial charge in [0.15, 0.2) is 5.96 Å². The number of carbonyl (C=O) groups excluding carboxylic acids is 1. The third-order valence-corrected chi connectivity index (χ3v) is 2.59. The van der Waals surface area contributed by atoms with Crippen LogP contribution in [0.15, 0.2) is 29.8 Å². The van der Waals surface area contributed by atoms with Gasteiger partial charge in [-0.25, -0.2) is 0 Å². The minimum Gasteiger partial charge on any atom is -0.370 e. The van der Waals surface area contributed by atoms with Crippen LogP contribution in [-0.2, 0) is 21.3 Å². The molecule has 0 bridgehead atoms. The van der Waals surface area contributed by atoms with Crippen molar-refractivity contribution in [2.45, 2.75) is 12.8 Å². The van der Waals surface area contributed by atoms with Crippen molar-refractivity contribution < 1.29 is 17.8 Å². The van der Waals surface area contributed by atoms with E-state index in [0.717, 1.165) is 12.0 Å². The van der Waals surface area contributed by atoms with Gasteiger partial charge in [-0.15, -0.1) is 0 Å². The highest BCUT2D eigenvalue weighted by atomic mass is 32.2. The van der Waals surface area contributed by atoms with Gasteiger partial charge >= 0.3 is 0 Å². The number of amides is 1. The molecule has 0 spiro atoms. The number of hydrogen-bond acceptors (Lipinski definition) is 4. The zero-order valence-electron chi connectivity index (χ0n) is 11.5. The molecular formula is C13H17N3O4S. The number of carbonyl (C=O) groups is 1. The fourth-order valence-corrected chi connectivity index (χ4v) is 1.81. The van der Waals surface area contributed by atoms with Crippen LogP contribution in [0.25, 0.3) is 6.08 Å². The topological polar surface area (TPSA) is 133 Å². The lowest BCUT2D eigenvalue weighted by Crippen LogP contribution is -2.36. The van der Waals surface area contributed by atoms with Gasteiger partial charge in [-0.2, -0.15) is 8.42 Å². The molecule has 0 fully saturated rings. The molecule has 0 radical (unpaired) electrons. The van der Waals surface area contributed by atoms with Crippen LogP contribution < -0.4 is 11.1 Å². The first-order chi connectivity index (χ1) is 9.66. The molecule has 0 aliphatic heterocycles. The van der Waals surface area contributed by atoms with Crippen LogP contribution in [0.2, 0.25) is 0 Å². The number of nitrogens with two attached hydrogens (primary N) is 1. The van der Waals surface area contributed by atoms with Crippen LogP contribution in [0.4, 0.5) is 0 Å². The van der Waals surface area contributed by atoms with Crippen LogP contribution in [0.3, 0.4) is 0 Å². The molecule has 1 amide bonds. The summed E-state index contributed by atoms with van der Waals surface area (Å²) < 4.78 is 25.9. The van der Waals surface area contributed by atoms with Gasteiger partial charge in [0.2, 0.25) is 0 Å². The fraction of sp³-hybridized carbons (Fsp3) is 0.231. The highest BCUT2D eigenvalue weighted by Crippen LogP contribution is 2.23. The molecule has 1 aliphatic rings. The number of benzene rings is 1. The predicted octanol–water partition coefficient (Wildman–Crippen LogP) is 0.530. The molecule has 0 saturated carbocycles. The second-order valence-corrected chi connectivity index (χ2v) is 5.94. The van der Waals surface area contributed by atoms with E-state index >= 15 is 0 Å². The highest BCUT2D eigenvalue weighted by molar-refractivity contribution is 7.85. The molecule has 21 heavy (non-hydrogen) atoms. The van der Waals surface area contributed by atoms with Crippen LogP contribution in [-0.4, -0.2) is 31.1 Å². The second-order valence-electron chi connectivity index (χ2n) is 4.47. The van der Waals surface area contributed by atoms with Gasteiger partial charge in [0.25, 0.3) is 16.0 Å². The predicted molar refractivity (Wildman–Crippen MR) is 80.3 cm³/mol. The summed E-state index contributed by atoms with van der Waals surface area (Å²) in [6, 6.07) is 7.98. The monoisotopic (exact) mass is 311 g/mol. The lowest BCUT2D eigenvalue weighted by atomic mass is 9.92. The standard InChI is InChI=1S/C12H13N3O.CH4O3S/c13-12(14)15-11(16)10-6-5-8-3-1-2-4-9(8)7-10;1-5(2,3)4/h1-4,7H,5-6H2,(H4,13,14,15,16);1H3,(H,2,3,4). The van der Waals surface area contributed by atoms with E-state index in [9.17, 15) is 13.2 Å². The minimum absolute atomic E-state index is 0.276. The SMILES string of the molecule is CS(=O)(=O)O.N=C(N)NC(=O)C1=Cc2ccccc2CC1. The molecule has 5 N–H and O–H groups in total. The summed E-state index contributed by atoms with van der Waals surface area (Å²) in [5.41, 5.74) is 8.12. The normalized spacial score (nSPS) is 13.1. The van der Waals surface area contributed by atoms with Gasteiger partial charge in [-0.3, -0.25) is 20.1 Å². The highest BCUT2D eigenvalue weighted by Gasteiger charge is 2.15. The molecule has 8 heteroatoms. The number of aryl methyl sites for hydroxylation is 1. The number of fused-ring (bicyclic) bond motifs is 1. The van der Waals surface area contributed by atoms with E-state index < -0.39 is 10.1 Å². The van der Waals surface area contributed by atoms with Crippen LogP contribution in [0.1, 0.15) is 17.5 Å². The maximum Gasteiger partial charge on any atom is 0.261 e. The van der Waals surface area contributed by atoms with Crippen LogP contribution in [0.5, 0.6) is 0 Å². The van der Waals surface area contributed by atoms with Crippen molar-refractivity contribution in [1.82, 2.24) is 5.32 Å². The summed E-state index contributed by atoms with van der Waals surface area (Å²) in [4.78, 5) is 11.6. The Morgan fingerprint density at radius 1 is 1.33 bits per heavy atom. The summed E-state index contributed by atoms with van der Waals surface area (Å²) in [6.45, 7) is 0. The van der Waals surface area contributed by atoms with Gasteiger partial charge in [0.1, 0.15) is 0 Å². The largest absolute Gasteiger partial charge is 0.370 e. The Morgan fingerprint density at radius 2 is 1.90 bits per heavy atom. The van der Waals surface area contributed by atoms with Crippen LogP contribution in [0, 0.1) is 5.41 Å². The number of hydrogen-bond donors (Lipinski definition) is 4. The Morgan fingerprint density at radius 3 is 2.48 bits per heavy atom. The summed E-state index contributed by atoms with van der Waals surface area (Å²) in [5.74, 6) is -0.591. The summed E-state index contributed by atoms with van der Waals surface area (Å²) in [5, 5.41) is 9.30. The third kappa shape index (κ3) is 6.68. The quantitative estimate of drug-likeness (QED) is 0.341. The van der Waals surface area contributed by atoms with Gasteiger partial charge in [-0.1, -0.05) is 24.3 Å². The maximum atomic E-state index is 11.6. The summed E-state index contributed by atoms with van der Waals surface area (Å²) in [7, 11) is -3.67. The molecule has 7 nitrogen and oxygen atoms in total. The Kier molecular flexibility index (Phi) is 5.62. The Bertz CT molecular complexity index is 672. The van der Waals surface area contributed by atoms with E-state index in [4.69, 9.17) is 15.7 Å². The van der Waals surface area contributed by atoms with Crippen molar-refractivity contribution in [3.8, 4) is 0 Å². The first kappa shape index (κ1) is 16.9. The molecule has 1 aromatic carbocycles. The van der Waals surface area contributed by atoms with E-state index in [1.165, 1.54) is 5.56 Å². The molecule has 0 unspecified atom stereocenters. The number of nitrogens with one attached hydrogen (secondary N) is 2. The van der Waals surface area contributed by atoms with Crippen molar-refractivity contribution in [2.75, 3.05) is 6.26 Å². The second kappa shape index (κ2) is 7.00. The van der Waals surface area contributed by atoms with Crippen molar-refractivity contribution in [2.24, 2.45) is 5.73 Å². The smallest absolute Gasteiger partial charge is 0.261 e. The average molecular weight is 311 g/mol. The van der Waals surface area contributed by atoms with E-state index in [2.05, 4.69) is 11.4 Å². The molecule has 1 aliphatic carbocycles. The van der Waals surface area contributed by atoms with Crippen molar-refractivity contribution in [1.29, 1.82) is 5.41 Å². The number of guanidine groups is 1. The Balaban J connectivity index is 0.000000383. The average Bonchev–Trinajstić information content (AvgIpc) is 2.35. The van der Waals surface area contributed by atoms with Gasteiger partial charge < -0.3 is 5.73 Å². The van der Waals surface area contributed by atoms with E-state index in [1.54, 1.807) is 0 Å². The molecule has 0 heterocycles. The van der Waals surface area contributed by atoms with E-state index in [0.29, 0.717) is 18.2 Å². The van der Waals surface area contributed by atoms with Gasteiger partial charge in [-0.05, 0) is 30.0 Å². The number of rotatable bonds is 1. The minimum atomic E-state index is -3.67. The molecule has 0 aromatic heterocycles. The Hall–Kier alpha value is -2.19. The summed E-state index contributed by atoms with van der Waals surface area (Å²) >= 11 is 0. The molecule has 1 aromatic rings. The zero-order valence-corrected chi connectivity index (χ0v) is 12.3.